The molecule has 0 aliphatic rings. The SMILES string of the molecule is CC/C=C\C/C=C\C/C=C\C/C=C\C/C=C\C/C=C\C/C=C\C/C=C\C/C=C\C/C=C\CCCCC(=O)OCC(COC(=O)CCCCCCCCC)OC(=O)CCCCCCCCCCCCC/C=C\CCCCCCCCCC. The highest BCUT2D eigenvalue weighted by Crippen LogP contribution is 2.16. The van der Waals surface area contributed by atoms with Gasteiger partial charge in [-0.1, -0.05) is 296 Å². The lowest BCUT2D eigenvalue weighted by molar-refractivity contribution is -0.167. The summed E-state index contributed by atoms with van der Waals surface area (Å²) in [6, 6.07) is 0. The number of esters is 3. The van der Waals surface area contributed by atoms with E-state index in [0.717, 1.165) is 122 Å². The first kappa shape index (κ1) is 76.5. The quantitative estimate of drug-likeness (QED) is 0.0261. The maximum atomic E-state index is 12.9. The number of hydrogen-bond donors (Lipinski definition) is 0. The standard InChI is InChI=1S/C75H124O6/c1-4-7-10-13-16-18-20-22-24-26-28-30-32-33-34-35-36-37-38-39-40-41-43-44-46-48-50-52-54-56-59-62-65-68-74(77)80-71-72(70-79-73(76)67-64-61-58-15-12-9-6-3)81-75(78)69-66-63-60-57-55-53-51-49-47-45-42-31-29-27-25-23-21-19-17-14-11-8-5-2/h7,10,16,18,22,24,27-30,33-34,36-37,39-40,43-44,48,50,54,56,72H,4-6,8-9,11-15,17,19-21,23,25-26,31-32,35,38,41-42,45-47,49,51-53,55,57-71H2,1-3H3/b10-7-,18-16-,24-22-,29-27-,30-28-,34-33-,37-36-,40-39-,44-43-,50-48-,56-54-. The van der Waals surface area contributed by atoms with Gasteiger partial charge in [0.05, 0.1) is 0 Å². The second-order valence-electron chi connectivity index (χ2n) is 22.0. The van der Waals surface area contributed by atoms with Crippen molar-refractivity contribution in [3.05, 3.63) is 134 Å². The Morgan fingerprint density at radius 1 is 0.259 bits per heavy atom. The van der Waals surface area contributed by atoms with E-state index in [-0.39, 0.29) is 31.1 Å². The van der Waals surface area contributed by atoms with Crippen LogP contribution in [-0.2, 0) is 28.6 Å². The fraction of sp³-hybridized carbons (Fsp3) is 0.667. The molecular formula is C75H124O6. The number of rotatable bonds is 60. The summed E-state index contributed by atoms with van der Waals surface area (Å²) in [6.07, 6.45) is 96.4. The van der Waals surface area contributed by atoms with Crippen molar-refractivity contribution in [3.63, 3.8) is 0 Å². The molecule has 0 N–H and O–H groups in total. The third-order valence-corrected chi connectivity index (χ3v) is 14.1. The normalized spacial score (nSPS) is 13.0. The molecule has 0 aromatic carbocycles. The number of carbonyl (C=O) groups excluding carboxylic acids is 3. The minimum Gasteiger partial charge on any atom is -0.462 e. The maximum Gasteiger partial charge on any atom is 0.306 e. The fourth-order valence-corrected chi connectivity index (χ4v) is 9.11. The third kappa shape index (κ3) is 66.2. The van der Waals surface area contributed by atoms with Crippen LogP contribution in [0.3, 0.4) is 0 Å². The summed E-state index contributed by atoms with van der Waals surface area (Å²) in [6.45, 7) is 6.46. The van der Waals surface area contributed by atoms with Gasteiger partial charge in [0.2, 0.25) is 0 Å². The summed E-state index contributed by atoms with van der Waals surface area (Å²) in [4.78, 5) is 38.1. The molecule has 0 rings (SSSR count). The zero-order valence-electron chi connectivity index (χ0n) is 52.8. The first-order valence-electron chi connectivity index (χ1n) is 33.7. The molecule has 6 heteroatoms. The molecule has 0 aromatic rings. The van der Waals surface area contributed by atoms with E-state index in [4.69, 9.17) is 14.2 Å². The summed E-state index contributed by atoms with van der Waals surface area (Å²) in [7, 11) is 0. The highest BCUT2D eigenvalue weighted by atomic mass is 16.6. The topological polar surface area (TPSA) is 78.9 Å². The molecule has 0 bridgehead atoms. The van der Waals surface area contributed by atoms with Gasteiger partial charge in [-0.3, -0.25) is 14.4 Å². The van der Waals surface area contributed by atoms with Gasteiger partial charge in [0.25, 0.3) is 0 Å². The molecule has 0 fully saturated rings. The predicted molar refractivity (Wildman–Crippen MR) is 353 cm³/mol. The molecule has 460 valence electrons. The van der Waals surface area contributed by atoms with Crippen LogP contribution < -0.4 is 0 Å². The molecule has 81 heavy (non-hydrogen) atoms. The minimum atomic E-state index is -0.798. The lowest BCUT2D eigenvalue weighted by atomic mass is 10.0. The molecule has 0 saturated carbocycles. The van der Waals surface area contributed by atoms with E-state index in [1.807, 2.05) is 0 Å². The Bertz CT molecular complexity index is 1720. The lowest BCUT2D eigenvalue weighted by Crippen LogP contribution is -2.30. The van der Waals surface area contributed by atoms with Crippen LogP contribution in [0.4, 0.5) is 0 Å². The summed E-state index contributed by atoms with van der Waals surface area (Å²) in [5.74, 6) is -0.943. The van der Waals surface area contributed by atoms with Gasteiger partial charge < -0.3 is 14.2 Å². The Morgan fingerprint density at radius 2 is 0.481 bits per heavy atom. The highest BCUT2D eigenvalue weighted by Gasteiger charge is 2.19. The second kappa shape index (κ2) is 68.1. The molecule has 0 spiro atoms. The smallest absolute Gasteiger partial charge is 0.306 e. The molecule has 0 heterocycles. The highest BCUT2D eigenvalue weighted by molar-refractivity contribution is 5.71. The zero-order chi connectivity index (χ0) is 58.5. The minimum absolute atomic E-state index is 0.0933. The van der Waals surface area contributed by atoms with E-state index in [0.29, 0.717) is 19.3 Å². The van der Waals surface area contributed by atoms with Crippen LogP contribution in [-0.4, -0.2) is 37.2 Å². The van der Waals surface area contributed by atoms with Gasteiger partial charge in [-0.05, 0) is 122 Å². The fourth-order valence-electron chi connectivity index (χ4n) is 9.11. The number of carbonyl (C=O) groups is 3. The summed E-state index contributed by atoms with van der Waals surface area (Å²) in [5, 5.41) is 0. The Labute approximate surface area is 500 Å². The van der Waals surface area contributed by atoms with Crippen molar-refractivity contribution >= 4 is 17.9 Å². The average molecular weight is 1120 g/mol. The van der Waals surface area contributed by atoms with Gasteiger partial charge in [0, 0.05) is 19.3 Å². The molecule has 6 nitrogen and oxygen atoms in total. The Morgan fingerprint density at radius 3 is 0.790 bits per heavy atom. The monoisotopic (exact) mass is 1120 g/mol. The molecule has 0 aliphatic carbocycles. The average Bonchev–Trinajstić information content (AvgIpc) is 3.47. The summed E-state index contributed by atoms with van der Waals surface area (Å²) >= 11 is 0. The molecule has 1 unspecified atom stereocenters. The molecule has 1 atom stereocenters. The van der Waals surface area contributed by atoms with Crippen LogP contribution in [0.2, 0.25) is 0 Å². The van der Waals surface area contributed by atoms with Crippen LogP contribution in [0.25, 0.3) is 0 Å². The van der Waals surface area contributed by atoms with Crippen LogP contribution in [0, 0.1) is 0 Å². The van der Waals surface area contributed by atoms with Crippen LogP contribution in [0.15, 0.2) is 134 Å². The third-order valence-electron chi connectivity index (χ3n) is 14.1. The molecule has 0 radical (unpaired) electrons. The van der Waals surface area contributed by atoms with Crippen molar-refractivity contribution in [1.82, 2.24) is 0 Å². The van der Waals surface area contributed by atoms with Crippen molar-refractivity contribution in [3.8, 4) is 0 Å². The van der Waals surface area contributed by atoms with Crippen molar-refractivity contribution in [2.45, 2.75) is 309 Å². The van der Waals surface area contributed by atoms with Crippen molar-refractivity contribution < 1.29 is 28.6 Å². The molecular weight excluding hydrogens is 997 g/mol. The van der Waals surface area contributed by atoms with Crippen LogP contribution in [0.5, 0.6) is 0 Å². The zero-order valence-corrected chi connectivity index (χ0v) is 52.8. The van der Waals surface area contributed by atoms with E-state index in [1.54, 1.807) is 0 Å². The van der Waals surface area contributed by atoms with Crippen LogP contribution >= 0.6 is 0 Å². The number of allylic oxidation sites excluding steroid dienone is 22. The van der Waals surface area contributed by atoms with Gasteiger partial charge in [0.1, 0.15) is 13.2 Å². The number of hydrogen-bond acceptors (Lipinski definition) is 6. The van der Waals surface area contributed by atoms with Gasteiger partial charge in [-0.2, -0.15) is 0 Å². The number of unbranched alkanes of at least 4 members (excludes halogenated alkanes) is 27. The lowest BCUT2D eigenvalue weighted by Gasteiger charge is -2.18. The Kier molecular flexibility index (Phi) is 64.3. The second-order valence-corrected chi connectivity index (χ2v) is 22.0. The van der Waals surface area contributed by atoms with Crippen molar-refractivity contribution in [1.29, 1.82) is 0 Å². The first-order chi connectivity index (χ1) is 40.0. The molecule has 0 amide bonds. The maximum absolute atomic E-state index is 12.9. The largest absolute Gasteiger partial charge is 0.462 e. The summed E-state index contributed by atoms with van der Waals surface area (Å²) < 4.78 is 16.8. The van der Waals surface area contributed by atoms with Gasteiger partial charge in [-0.15, -0.1) is 0 Å². The van der Waals surface area contributed by atoms with E-state index >= 15 is 0 Å². The van der Waals surface area contributed by atoms with Crippen LogP contribution in [0.1, 0.15) is 303 Å². The van der Waals surface area contributed by atoms with E-state index in [9.17, 15) is 14.4 Å². The first-order valence-corrected chi connectivity index (χ1v) is 33.7. The Balaban J connectivity index is 4.23. The van der Waals surface area contributed by atoms with Gasteiger partial charge in [0.15, 0.2) is 6.10 Å². The van der Waals surface area contributed by atoms with Crippen molar-refractivity contribution in [2.24, 2.45) is 0 Å². The van der Waals surface area contributed by atoms with Gasteiger partial charge in [-0.25, -0.2) is 0 Å². The number of ether oxygens (including phenoxy) is 3. The predicted octanol–water partition coefficient (Wildman–Crippen LogP) is 23.3. The van der Waals surface area contributed by atoms with E-state index in [2.05, 4.69) is 154 Å². The summed E-state index contributed by atoms with van der Waals surface area (Å²) in [5.41, 5.74) is 0. The molecule has 0 aliphatic heterocycles. The van der Waals surface area contributed by atoms with Gasteiger partial charge >= 0.3 is 17.9 Å². The Hall–Kier alpha value is -4.45. The molecule has 0 saturated heterocycles. The van der Waals surface area contributed by atoms with E-state index < -0.39 is 6.10 Å². The van der Waals surface area contributed by atoms with E-state index in [1.165, 1.54) is 141 Å². The molecule has 0 aromatic heterocycles. The van der Waals surface area contributed by atoms with Crippen molar-refractivity contribution in [2.75, 3.05) is 13.2 Å².